The number of ether oxygens (including phenoxy) is 2. The van der Waals surface area contributed by atoms with E-state index in [0.29, 0.717) is 12.0 Å². The van der Waals surface area contributed by atoms with Crippen LogP contribution in [-0.4, -0.2) is 16.8 Å². The lowest BCUT2D eigenvalue weighted by atomic mass is 9.75. The molecule has 2 aliphatic rings. The van der Waals surface area contributed by atoms with Gasteiger partial charge in [0, 0.05) is 17.5 Å². The summed E-state index contributed by atoms with van der Waals surface area (Å²) in [5.41, 5.74) is 0.843. The van der Waals surface area contributed by atoms with Crippen LogP contribution in [-0.2, 0) is 4.74 Å². The van der Waals surface area contributed by atoms with Crippen LogP contribution in [0.25, 0.3) is 0 Å². The van der Waals surface area contributed by atoms with Crippen LogP contribution in [0.3, 0.4) is 0 Å². The van der Waals surface area contributed by atoms with Crippen LogP contribution in [0, 0.1) is 5.92 Å². The second-order valence-corrected chi connectivity index (χ2v) is 6.58. The van der Waals surface area contributed by atoms with Crippen molar-refractivity contribution < 1.29 is 14.6 Å². The first-order valence-corrected chi connectivity index (χ1v) is 7.68. The minimum Gasteiger partial charge on any atom is -0.508 e. The quantitative estimate of drug-likeness (QED) is 0.879. The topological polar surface area (TPSA) is 38.7 Å². The minimum absolute atomic E-state index is 0.0969. The van der Waals surface area contributed by atoms with Crippen molar-refractivity contribution in [3.8, 4) is 11.5 Å². The van der Waals surface area contributed by atoms with Crippen molar-refractivity contribution in [3.63, 3.8) is 0 Å². The van der Waals surface area contributed by atoms with Crippen molar-refractivity contribution in [1.82, 2.24) is 0 Å². The van der Waals surface area contributed by atoms with E-state index in [1.165, 1.54) is 0 Å². The lowest BCUT2D eigenvalue weighted by Gasteiger charge is -2.48. The number of hydrogen-bond donors (Lipinski definition) is 1. The van der Waals surface area contributed by atoms with E-state index in [9.17, 15) is 5.11 Å². The molecule has 0 saturated carbocycles. The molecule has 1 fully saturated rings. The number of phenols is 1. The lowest BCUT2D eigenvalue weighted by molar-refractivity contribution is -0.151. The zero-order chi connectivity index (χ0) is 14.3. The summed E-state index contributed by atoms with van der Waals surface area (Å²) in [6.45, 7) is 6.46. The van der Waals surface area contributed by atoms with Gasteiger partial charge in [-0.3, -0.25) is 0 Å². The second kappa shape index (κ2) is 4.96. The van der Waals surface area contributed by atoms with E-state index in [2.05, 4.69) is 20.8 Å². The Morgan fingerprint density at radius 2 is 2.10 bits per heavy atom. The predicted molar refractivity (Wildman–Crippen MR) is 78.1 cm³/mol. The van der Waals surface area contributed by atoms with E-state index in [0.717, 1.165) is 37.0 Å². The van der Waals surface area contributed by atoms with Crippen molar-refractivity contribution in [3.05, 3.63) is 23.8 Å². The highest BCUT2D eigenvalue weighted by atomic mass is 16.5. The van der Waals surface area contributed by atoms with Gasteiger partial charge in [-0.15, -0.1) is 0 Å². The number of rotatable bonds is 2. The number of fused-ring (bicyclic) bond motifs is 3. The average molecular weight is 276 g/mol. The Hall–Kier alpha value is -1.22. The fourth-order valence-electron chi connectivity index (χ4n) is 3.63. The number of benzene rings is 1. The van der Waals surface area contributed by atoms with E-state index >= 15 is 0 Å². The molecule has 1 aromatic carbocycles. The molecule has 2 aliphatic heterocycles. The molecule has 110 valence electrons. The normalized spacial score (nSPS) is 31.1. The standard InChI is InChI=1S/C17H24O3/c1-4-5-12-7-9-14-16(19-12)13-8-6-11(18)10-15(13)20-17(14,2)3/h6,8,10,12,14,16,18H,4-5,7,9H2,1-3H3/t12-,14-,16+/m1/s1. The molecule has 3 rings (SSSR count). The molecule has 0 aromatic heterocycles. The van der Waals surface area contributed by atoms with Crippen LogP contribution in [0.4, 0.5) is 0 Å². The summed E-state index contributed by atoms with van der Waals surface area (Å²) in [4.78, 5) is 0. The molecule has 3 nitrogen and oxygen atoms in total. The second-order valence-electron chi connectivity index (χ2n) is 6.58. The Kier molecular flexibility index (Phi) is 3.41. The molecule has 1 saturated heterocycles. The first-order chi connectivity index (χ1) is 9.51. The molecular weight excluding hydrogens is 252 g/mol. The Bertz CT molecular complexity index is 495. The number of aromatic hydroxyl groups is 1. The summed E-state index contributed by atoms with van der Waals surface area (Å²) in [6.07, 6.45) is 5.00. The van der Waals surface area contributed by atoms with Gasteiger partial charge in [0.25, 0.3) is 0 Å². The summed E-state index contributed by atoms with van der Waals surface area (Å²) in [7, 11) is 0. The maximum Gasteiger partial charge on any atom is 0.129 e. The van der Waals surface area contributed by atoms with Gasteiger partial charge in [-0.1, -0.05) is 13.3 Å². The van der Waals surface area contributed by atoms with E-state index in [4.69, 9.17) is 9.47 Å². The van der Waals surface area contributed by atoms with Gasteiger partial charge in [-0.2, -0.15) is 0 Å². The molecular formula is C17H24O3. The minimum atomic E-state index is -0.247. The number of phenolic OH excluding ortho intramolecular Hbond substituents is 1. The SMILES string of the molecule is CCC[C@@H]1CC[C@@H]2[C@@H](O1)c1ccc(O)cc1OC2(C)C. The predicted octanol–water partition coefficient (Wildman–Crippen LogP) is 4.20. The van der Waals surface area contributed by atoms with Gasteiger partial charge < -0.3 is 14.6 Å². The smallest absolute Gasteiger partial charge is 0.129 e. The van der Waals surface area contributed by atoms with Crippen LogP contribution in [0.5, 0.6) is 11.5 Å². The molecule has 20 heavy (non-hydrogen) atoms. The van der Waals surface area contributed by atoms with Gasteiger partial charge in [0.05, 0.1) is 12.2 Å². The van der Waals surface area contributed by atoms with Crippen molar-refractivity contribution in [2.24, 2.45) is 5.92 Å². The maximum atomic E-state index is 9.67. The largest absolute Gasteiger partial charge is 0.508 e. The Morgan fingerprint density at radius 3 is 2.85 bits per heavy atom. The third-order valence-corrected chi connectivity index (χ3v) is 4.68. The van der Waals surface area contributed by atoms with Gasteiger partial charge in [0.2, 0.25) is 0 Å². The van der Waals surface area contributed by atoms with Crippen molar-refractivity contribution in [1.29, 1.82) is 0 Å². The Balaban J connectivity index is 1.96. The van der Waals surface area contributed by atoms with Crippen LogP contribution >= 0.6 is 0 Å². The monoisotopic (exact) mass is 276 g/mol. The summed E-state index contributed by atoms with van der Waals surface area (Å²) < 4.78 is 12.5. The van der Waals surface area contributed by atoms with Crippen LogP contribution in [0.15, 0.2) is 18.2 Å². The molecule has 0 bridgehead atoms. The van der Waals surface area contributed by atoms with Gasteiger partial charge in [0.1, 0.15) is 17.1 Å². The van der Waals surface area contributed by atoms with Gasteiger partial charge in [-0.25, -0.2) is 0 Å². The van der Waals surface area contributed by atoms with Crippen molar-refractivity contribution in [2.45, 2.75) is 64.3 Å². The summed E-state index contributed by atoms with van der Waals surface area (Å²) >= 11 is 0. The number of hydrogen-bond acceptors (Lipinski definition) is 3. The highest BCUT2D eigenvalue weighted by molar-refractivity contribution is 5.44. The summed E-state index contributed by atoms with van der Waals surface area (Å²) in [6, 6.07) is 5.39. The van der Waals surface area contributed by atoms with Crippen molar-refractivity contribution >= 4 is 0 Å². The molecule has 0 amide bonds. The molecule has 0 spiro atoms. The van der Waals surface area contributed by atoms with E-state index in [1.807, 2.05) is 6.07 Å². The fourth-order valence-corrected chi connectivity index (χ4v) is 3.63. The van der Waals surface area contributed by atoms with Gasteiger partial charge in [0.15, 0.2) is 0 Å². The third kappa shape index (κ3) is 2.28. The molecule has 0 radical (unpaired) electrons. The van der Waals surface area contributed by atoms with Crippen LogP contribution < -0.4 is 4.74 Å². The third-order valence-electron chi connectivity index (χ3n) is 4.68. The van der Waals surface area contributed by atoms with E-state index in [-0.39, 0.29) is 17.5 Å². The highest BCUT2D eigenvalue weighted by Crippen LogP contribution is 2.51. The zero-order valence-electron chi connectivity index (χ0n) is 12.6. The van der Waals surface area contributed by atoms with E-state index < -0.39 is 0 Å². The molecule has 0 aliphatic carbocycles. The first kappa shape index (κ1) is 13.7. The van der Waals surface area contributed by atoms with Crippen molar-refractivity contribution in [2.75, 3.05) is 0 Å². The zero-order valence-corrected chi connectivity index (χ0v) is 12.6. The molecule has 3 atom stereocenters. The maximum absolute atomic E-state index is 9.67. The Labute approximate surface area is 120 Å². The Morgan fingerprint density at radius 1 is 1.30 bits per heavy atom. The highest BCUT2D eigenvalue weighted by Gasteiger charge is 2.47. The van der Waals surface area contributed by atoms with Crippen LogP contribution in [0.2, 0.25) is 0 Å². The molecule has 0 unspecified atom stereocenters. The lowest BCUT2D eigenvalue weighted by Crippen LogP contribution is -2.48. The average Bonchev–Trinajstić information content (AvgIpc) is 2.38. The van der Waals surface area contributed by atoms with E-state index in [1.54, 1.807) is 12.1 Å². The molecule has 1 aromatic rings. The fraction of sp³-hybridized carbons (Fsp3) is 0.647. The molecule has 2 heterocycles. The van der Waals surface area contributed by atoms with Gasteiger partial charge >= 0.3 is 0 Å². The molecule has 1 N–H and O–H groups in total. The first-order valence-electron chi connectivity index (χ1n) is 7.68. The van der Waals surface area contributed by atoms with Crippen LogP contribution in [0.1, 0.15) is 58.1 Å². The summed E-state index contributed by atoms with van der Waals surface area (Å²) in [5, 5.41) is 9.67. The summed E-state index contributed by atoms with van der Waals surface area (Å²) in [5.74, 6) is 1.40. The van der Waals surface area contributed by atoms with Gasteiger partial charge in [-0.05, 0) is 45.2 Å². The molecule has 3 heteroatoms.